The zero-order chi connectivity index (χ0) is 19.0. The summed E-state index contributed by atoms with van der Waals surface area (Å²) in [6.07, 6.45) is 3.74. The number of carbonyl (C=O) groups excluding carboxylic acids is 1. The van der Waals surface area contributed by atoms with Crippen molar-refractivity contribution < 1.29 is 9.18 Å². The first kappa shape index (κ1) is 18.0. The van der Waals surface area contributed by atoms with E-state index in [0.29, 0.717) is 37.2 Å². The molecule has 1 saturated heterocycles. The molecule has 1 atom stereocenters. The second kappa shape index (κ2) is 7.31. The van der Waals surface area contributed by atoms with E-state index in [1.54, 1.807) is 23.2 Å². The molecule has 1 fully saturated rings. The van der Waals surface area contributed by atoms with Crippen molar-refractivity contribution in [1.82, 2.24) is 14.7 Å². The maximum atomic E-state index is 13.9. The lowest BCUT2D eigenvalue weighted by atomic mass is 10.1. The number of amidine groups is 2. The summed E-state index contributed by atoms with van der Waals surface area (Å²) in [4.78, 5) is 27.8. The molecule has 27 heavy (non-hydrogen) atoms. The third-order valence-electron chi connectivity index (χ3n) is 5.17. The van der Waals surface area contributed by atoms with E-state index < -0.39 is 5.82 Å². The summed E-state index contributed by atoms with van der Waals surface area (Å²) in [5.41, 5.74) is 0.262. The predicted molar refractivity (Wildman–Crippen MR) is 103 cm³/mol. The van der Waals surface area contributed by atoms with Crippen molar-refractivity contribution in [1.29, 1.82) is 0 Å². The number of carbonyl (C=O) groups is 1. The minimum atomic E-state index is -0.439. The SMILES string of the molecule is CC1CN=C2C(N3CCN(C(=O)Cc4c(F)cccc4Cl)CC3)=NC=CN21. The van der Waals surface area contributed by atoms with Crippen LogP contribution in [-0.2, 0) is 11.2 Å². The molecule has 0 spiro atoms. The lowest BCUT2D eigenvalue weighted by Crippen LogP contribution is -2.54. The van der Waals surface area contributed by atoms with Gasteiger partial charge in [0.1, 0.15) is 5.82 Å². The van der Waals surface area contributed by atoms with Crippen LogP contribution in [-0.4, -0.2) is 71.0 Å². The fourth-order valence-corrected chi connectivity index (χ4v) is 3.82. The number of amides is 1. The van der Waals surface area contributed by atoms with Crippen LogP contribution in [0.5, 0.6) is 0 Å². The molecule has 0 bridgehead atoms. The molecule has 3 heterocycles. The van der Waals surface area contributed by atoms with E-state index in [0.717, 1.165) is 18.2 Å². The number of nitrogens with zero attached hydrogens (tertiary/aromatic N) is 5. The molecule has 0 radical (unpaired) electrons. The summed E-state index contributed by atoms with van der Waals surface area (Å²) < 4.78 is 13.9. The number of benzene rings is 1. The highest BCUT2D eigenvalue weighted by Crippen LogP contribution is 2.21. The van der Waals surface area contributed by atoms with Gasteiger partial charge in [-0.3, -0.25) is 9.79 Å². The van der Waals surface area contributed by atoms with Crippen LogP contribution in [0, 0.1) is 5.82 Å². The van der Waals surface area contributed by atoms with E-state index in [1.807, 2.05) is 6.20 Å². The fourth-order valence-electron chi connectivity index (χ4n) is 3.59. The van der Waals surface area contributed by atoms with E-state index in [2.05, 4.69) is 26.7 Å². The van der Waals surface area contributed by atoms with E-state index in [1.165, 1.54) is 6.07 Å². The van der Waals surface area contributed by atoms with Crippen molar-refractivity contribution in [3.8, 4) is 0 Å². The van der Waals surface area contributed by atoms with E-state index >= 15 is 0 Å². The van der Waals surface area contributed by atoms with E-state index in [-0.39, 0.29) is 17.9 Å². The number of hydrogen-bond donors (Lipinski definition) is 0. The monoisotopic (exact) mass is 389 g/mol. The molecule has 0 saturated carbocycles. The Labute approximate surface area is 162 Å². The highest BCUT2D eigenvalue weighted by atomic mass is 35.5. The van der Waals surface area contributed by atoms with Crippen LogP contribution in [0.3, 0.4) is 0 Å². The lowest BCUT2D eigenvalue weighted by molar-refractivity contribution is -0.131. The Kier molecular flexibility index (Phi) is 4.86. The second-order valence-corrected chi connectivity index (χ2v) is 7.32. The van der Waals surface area contributed by atoms with Gasteiger partial charge in [-0.05, 0) is 19.1 Å². The van der Waals surface area contributed by atoms with Gasteiger partial charge in [-0.25, -0.2) is 9.38 Å². The van der Waals surface area contributed by atoms with E-state index in [4.69, 9.17) is 11.6 Å². The Bertz CT molecular complexity index is 824. The molecule has 0 N–H and O–H groups in total. The van der Waals surface area contributed by atoms with Gasteiger partial charge in [0.2, 0.25) is 5.91 Å². The Morgan fingerprint density at radius 3 is 2.78 bits per heavy atom. The number of fused-ring (bicyclic) bond motifs is 1. The van der Waals surface area contributed by atoms with Crippen LogP contribution >= 0.6 is 11.6 Å². The van der Waals surface area contributed by atoms with Crippen molar-refractivity contribution in [2.75, 3.05) is 32.7 Å². The highest BCUT2D eigenvalue weighted by Gasteiger charge is 2.33. The van der Waals surface area contributed by atoms with Gasteiger partial charge in [-0.15, -0.1) is 0 Å². The first-order valence-corrected chi connectivity index (χ1v) is 9.45. The summed E-state index contributed by atoms with van der Waals surface area (Å²) in [5.74, 6) is 1.22. The zero-order valence-corrected chi connectivity index (χ0v) is 15.9. The Hall–Kier alpha value is -2.41. The summed E-state index contributed by atoms with van der Waals surface area (Å²) >= 11 is 6.04. The van der Waals surface area contributed by atoms with Crippen LogP contribution in [0.1, 0.15) is 12.5 Å². The van der Waals surface area contributed by atoms with Gasteiger partial charge in [0.15, 0.2) is 11.7 Å². The van der Waals surface area contributed by atoms with Crippen LogP contribution < -0.4 is 0 Å². The molecular formula is C19H21ClFN5O. The van der Waals surface area contributed by atoms with Crippen LogP contribution in [0.4, 0.5) is 4.39 Å². The number of rotatable bonds is 2. The molecule has 1 amide bonds. The molecule has 1 aromatic carbocycles. The van der Waals surface area contributed by atoms with Crippen LogP contribution in [0.2, 0.25) is 5.02 Å². The molecule has 0 aliphatic carbocycles. The number of halogens is 2. The first-order valence-electron chi connectivity index (χ1n) is 9.08. The molecule has 4 rings (SSSR count). The third kappa shape index (κ3) is 3.43. The number of aliphatic imine (C=N–C) groups is 2. The van der Waals surface area contributed by atoms with Crippen molar-refractivity contribution >= 4 is 29.2 Å². The van der Waals surface area contributed by atoms with E-state index in [9.17, 15) is 9.18 Å². The van der Waals surface area contributed by atoms with Crippen molar-refractivity contribution in [3.63, 3.8) is 0 Å². The topological polar surface area (TPSA) is 51.5 Å². The molecule has 1 aromatic rings. The Morgan fingerprint density at radius 1 is 1.26 bits per heavy atom. The maximum absolute atomic E-state index is 13.9. The number of hydrogen-bond acceptors (Lipinski definition) is 5. The minimum Gasteiger partial charge on any atom is -0.350 e. The van der Waals surface area contributed by atoms with Gasteiger partial charge in [0.25, 0.3) is 0 Å². The second-order valence-electron chi connectivity index (χ2n) is 6.92. The van der Waals surface area contributed by atoms with Gasteiger partial charge >= 0.3 is 0 Å². The molecule has 8 heteroatoms. The molecular weight excluding hydrogens is 369 g/mol. The summed E-state index contributed by atoms with van der Waals surface area (Å²) in [6, 6.07) is 4.82. The van der Waals surface area contributed by atoms with Gasteiger partial charge in [-0.1, -0.05) is 17.7 Å². The largest absolute Gasteiger partial charge is 0.350 e. The molecule has 1 unspecified atom stereocenters. The van der Waals surface area contributed by atoms with Gasteiger partial charge in [-0.2, -0.15) is 0 Å². The van der Waals surface area contributed by atoms with Gasteiger partial charge < -0.3 is 14.7 Å². The average Bonchev–Trinajstić information content (AvgIpc) is 3.06. The third-order valence-corrected chi connectivity index (χ3v) is 5.52. The lowest BCUT2D eigenvalue weighted by Gasteiger charge is -2.38. The predicted octanol–water partition coefficient (Wildman–Crippen LogP) is 2.15. The zero-order valence-electron chi connectivity index (χ0n) is 15.1. The van der Waals surface area contributed by atoms with Crippen LogP contribution in [0.15, 0.2) is 40.6 Å². The summed E-state index contributed by atoms with van der Waals surface area (Å²) in [5, 5.41) is 0.291. The summed E-state index contributed by atoms with van der Waals surface area (Å²) in [6.45, 7) is 5.37. The van der Waals surface area contributed by atoms with Crippen LogP contribution in [0.25, 0.3) is 0 Å². The highest BCUT2D eigenvalue weighted by molar-refractivity contribution is 6.41. The number of piperazine rings is 1. The molecule has 3 aliphatic rings. The Morgan fingerprint density at radius 2 is 2.04 bits per heavy atom. The normalized spacial score (nSPS) is 21.9. The van der Waals surface area contributed by atoms with Crippen molar-refractivity contribution in [3.05, 3.63) is 47.0 Å². The van der Waals surface area contributed by atoms with Crippen molar-refractivity contribution in [2.45, 2.75) is 19.4 Å². The minimum absolute atomic E-state index is 0.0206. The quantitative estimate of drug-likeness (QED) is 0.778. The first-order chi connectivity index (χ1) is 13.0. The van der Waals surface area contributed by atoms with Crippen molar-refractivity contribution in [2.24, 2.45) is 9.98 Å². The molecule has 142 valence electrons. The van der Waals surface area contributed by atoms with Gasteiger partial charge in [0, 0.05) is 49.2 Å². The smallest absolute Gasteiger partial charge is 0.227 e. The summed E-state index contributed by atoms with van der Waals surface area (Å²) in [7, 11) is 0. The Balaban J connectivity index is 1.39. The standard InChI is InChI=1S/C19H21ClFN5O/c1-13-12-23-19-18(22-5-6-26(13)19)25-9-7-24(8-10-25)17(27)11-14-15(20)3-2-4-16(14)21/h2-6,13H,7-12H2,1H3. The average molecular weight is 390 g/mol. The molecule has 3 aliphatic heterocycles. The fraction of sp³-hybridized carbons (Fsp3) is 0.421. The van der Waals surface area contributed by atoms with Gasteiger partial charge in [0.05, 0.1) is 19.0 Å². The molecule has 6 nitrogen and oxygen atoms in total. The molecule has 0 aromatic heterocycles. The maximum Gasteiger partial charge on any atom is 0.227 e.